The second-order valence-electron chi connectivity index (χ2n) is 12.4. The number of fused-ring (bicyclic) bond motifs is 2. The Morgan fingerprint density at radius 1 is 0.434 bits per heavy atom. The normalized spacial score (nSPS) is 12.3. The second kappa shape index (κ2) is 14.7. The van der Waals surface area contributed by atoms with Gasteiger partial charge in [0.05, 0.1) is 11.4 Å². The van der Waals surface area contributed by atoms with Crippen molar-refractivity contribution in [1.82, 2.24) is 9.97 Å². The van der Waals surface area contributed by atoms with Crippen molar-refractivity contribution in [2.45, 2.75) is 5.41 Å². The Morgan fingerprint density at radius 3 is 1.32 bits per heavy atom. The molecule has 0 fully saturated rings. The number of rotatable bonds is 8. The van der Waals surface area contributed by atoms with E-state index in [-0.39, 0.29) is 21.1 Å². The van der Waals surface area contributed by atoms with Crippen LogP contribution in [-0.2, 0) is 26.5 Å². The number of ether oxygens (including phenoxy) is 3. The van der Waals surface area contributed by atoms with Crippen LogP contribution in [0.25, 0.3) is 22.5 Å². The number of hydrogen-bond donors (Lipinski definition) is 0. The maximum absolute atomic E-state index is 6.74. The van der Waals surface area contributed by atoms with E-state index in [1.807, 2.05) is 170 Å². The minimum Gasteiger partial charge on any atom is -0.457 e. The maximum Gasteiger partial charge on any atom is 2.00 e. The summed E-state index contributed by atoms with van der Waals surface area (Å²) in [6, 6.07) is 66.1. The Kier molecular flexibility index (Phi) is 9.41. The van der Waals surface area contributed by atoms with E-state index in [9.17, 15) is 0 Å². The summed E-state index contributed by atoms with van der Waals surface area (Å²) in [7, 11) is 0. The molecule has 8 aromatic rings. The molecule has 0 spiro atoms. The van der Waals surface area contributed by atoms with Crippen molar-refractivity contribution < 1.29 is 35.3 Å². The molecule has 0 atom stereocenters. The molecule has 1 aliphatic heterocycles. The second-order valence-corrected chi connectivity index (χ2v) is 12.4. The monoisotopic (exact) mass is 865 g/mol. The molecule has 0 aliphatic carbocycles. The topological polar surface area (TPSA) is 53.5 Å². The summed E-state index contributed by atoms with van der Waals surface area (Å²) >= 11 is 0. The van der Waals surface area contributed by atoms with Gasteiger partial charge in [0.15, 0.2) is 0 Å². The van der Waals surface area contributed by atoms with Gasteiger partial charge in [-0.1, -0.05) is 60.7 Å². The van der Waals surface area contributed by atoms with E-state index in [0.717, 1.165) is 56.5 Å². The number of nitrogens with zero attached hydrogens (tertiary/aromatic N) is 2. The molecule has 0 N–H and O–H groups in total. The molecule has 0 bridgehead atoms. The third-order valence-corrected chi connectivity index (χ3v) is 9.12. The average Bonchev–Trinajstić information content (AvgIpc) is 3.22. The summed E-state index contributed by atoms with van der Waals surface area (Å²) < 4.78 is 19.6. The van der Waals surface area contributed by atoms with Crippen LogP contribution in [0.5, 0.6) is 34.5 Å². The summed E-state index contributed by atoms with van der Waals surface area (Å²) in [5.41, 5.74) is 5.41. The zero-order valence-corrected chi connectivity index (χ0v) is 30.5. The molecule has 6 heteroatoms. The molecule has 5 nitrogen and oxygen atoms in total. The Labute approximate surface area is 322 Å². The number of pyridine rings is 2. The van der Waals surface area contributed by atoms with Crippen molar-refractivity contribution in [3.8, 4) is 57.0 Å². The predicted octanol–water partition coefficient (Wildman–Crippen LogP) is 11.5. The third-order valence-electron chi connectivity index (χ3n) is 9.12. The zero-order valence-electron chi connectivity index (χ0n) is 28.3. The Morgan fingerprint density at radius 2 is 0.887 bits per heavy atom. The summed E-state index contributed by atoms with van der Waals surface area (Å²) in [6.07, 6.45) is 0. The summed E-state index contributed by atoms with van der Waals surface area (Å²) in [4.78, 5) is 10.9. The van der Waals surface area contributed by atoms with Gasteiger partial charge in [-0.2, -0.15) is 0 Å². The van der Waals surface area contributed by atoms with Crippen molar-refractivity contribution in [3.05, 3.63) is 217 Å². The van der Waals surface area contributed by atoms with Gasteiger partial charge in [-0.15, -0.1) is 71.8 Å². The van der Waals surface area contributed by atoms with Crippen LogP contribution in [0.4, 0.5) is 0 Å². The molecule has 0 saturated heterocycles. The molecular formula is C47H30N2O3Pt. The van der Waals surface area contributed by atoms with E-state index in [1.165, 1.54) is 0 Å². The number of benzene rings is 6. The van der Waals surface area contributed by atoms with Crippen LogP contribution in [0.1, 0.15) is 22.5 Å². The average molecular weight is 866 g/mol. The molecule has 3 heterocycles. The largest absolute Gasteiger partial charge is 2.00 e. The van der Waals surface area contributed by atoms with E-state index in [0.29, 0.717) is 23.0 Å². The standard InChI is InChI=1S/C47H30N2O3.Pt/c1-5-15-33(16-6-1)41-23-13-25-45(48-41)47(46-26-14-24-42(49-46)34-17-7-2-8-18-34)39-31-37(50-35-19-9-3-10-20-35)27-29-43(39)52-44-30-28-38(32-40(44)47)51-36-21-11-4-12-22-36;/h1-15,17,19-32H;/q-2;+2. The molecule has 1 aliphatic rings. The smallest absolute Gasteiger partial charge is 0.457 e. The summed E-state index contributed by atoms with van der Waals surface area (Å²) in [5.74, 6) is 4.09. The zero-order chi connectivity index (χ0) is 34.7. The van der Waals surface area contributed by atoms with Crippen LogP contribution in [0.2, 0.25) is 0 Å². The number of aromatic nitrogens is 2. The van der Waals surface area contributed by atoms with Gasteiger partial charge in [-0.05, 0) is 84.2 Å². The molecule has 9 rings (SSSR count). The van der Waals surface area contributed by atoms with E-state index in [4.69, 9.17) is 24.2 Å². The van der Waals surface area contributed by atoms with Crippen molar-refractivity contribution in [1.29, 1.82) is 0 Å². The fourth-order valence-corrected chi connectivity index (χ4v) is 6.80. The van der Waals surface area contributed by atoms with Gasteiger partial charge in [-0.25, -0.2) is 0 Å². The minimum atomic E-state index is -1.09. The maximum atomic E-state index is 6.74. The molecule has 256 valence electrons. The van der Waals surface area contributed by atoms with Crippen LogP contribution < -0.4 is 14.2 Å². The van der Waals surface area contributed by atoms with Crippen molar-refractivity contribution >= 4 is 0 Å². The molecule has 0 unspecified atom stereocenters. The molecule has 6 aromatic carbocycles. The quantitative estimate of drug-likeness (QED) is 0.142. The Bertz CT molecular complexity index is 2320. The van der Waals surface area contributed by atoms with Gasteiger partial charge in [0.1, 0.15) is 39.9 Å². The first-order chi connectivity index (χ1) is 25.7. The van der Waals surface area contributed by atoms with Crippen LogP contribution in [0.3, 0.4) is 0 Å². The van der Waals surface area contributed by atoms with E-state index in [2.05, 4.69) is 24.3 Å². The first-order valence-electron chi connectivity index (χ1n) is 17.1. The van der Waals surface area contributed by atoms with Gasteiger partial charge in [0.2, 0.25) is 0 Å². The fraction of sp³-hybridized carbons (Fsp3) is 0.0213. The van der Waals surface area contributed by atoms with Gasteiger partial charge in [-0.3, -0.25) is 9.97 Å². The molecule has 0 saturated carbocycles. The van der Waals surface area contributed by atoms with Gasteiger partial charge in [0.25, 0.3) is 0 Å². The summed E-state index contributed by atoms with van der Waals surface area (Å²) in [6.45, 7) is 0. The molecule has 2 aromatic heterocycles. The SMILES string of the molecule is [Pt+2].[c-]1ccccc1-c1cccc(C2(c3cccc(-c4[c-]cccc4)n3)c3cc(Oc4ccccc4)ccc3Oc3ccc(Oc4ccccc4)cc32)n1. The van der Waals surface area contributed by atoms with Crippen molar-refractivity contribution in [3.63, 3.8) is 0 Å². The third kappa shape index (κ3) is 6.52. The van der Waals surface area contributed by atoms with Crippen LogP contribution in [0.15, 0.2) is 182 Å². The molecule has 53 heavy (non-hydrogen) atoms. The molecule has 0 amide bonds. The van der Waals surface area contributed by atoms with Gasteiger partial charge >= 0.3 is 21.1 Å². The first kappa shape index (κ1) is 33.8. The van der Waals surface area contributed by atoms with E-state index in [1.54, 1.807) is 0 Å². The first-order valence-corrected chi connectivity index (χ1v) is 17.1. The predicted molar refractivity (Wildman–Crippen MR) is 202 cm³/mol. The van der Waals surface area contributed by atoms with E-state index < -0.39 is 5.41 Å². The number of hydrogen-bond acceptors (Lipinski definition) is 5. The Hall–Kier alpha value is -6.29. The van der Waals surface area contributed by atoms with E-state index >= 15 is 0 Å². The van der Waals surface area contributed by atoms with Gasteiger partial charge < -0.3 is 14.2 Å². The molecular weight excluding hydrogens is 836 g/mol. The summed E-state index contributed by atoms with van der Waals surface area (Å²) in [5, 5.41) is 0. The van der Waals surface area contributed by atoms with Crippen molar-refractivity contribution in [2.24, 2.45) is 0 Å². The Balaban J connectivity index is 0.00000400. The van der Waals surface area contributed by atoms with Crippen molar-refractivity contribution in [2.75, 3.05) is 0 Å². The van der Waals surface area contributed by atoms with Gasteiger partial charge in [0, 0.05) is 11.1 Å². The van der Waals surface area contributed by atoms with Crippen LogP contribution in [-0.4, -0.2) is 9.97 Å². The van der Waals surface area contributed by atoms with Crippen LogP contribution >= 0.6 is 0 Å². The molecule has 0 radical (unpaired) electrons. The van der Waals surface area contributed by atoms with Crippen LogP contribution in [0, 0.1) is 12.1 Å². The fourth-order valence-electron chi connectivity index (χ4n) is 6.80. The minimum absolute atomic E-state index is 0. The number of para-hydroxylation sites is 2.